The molecule has 0 unspecified atom stereocenters. The second-order valence-corrected chi connectivity index (χ2v) is 11.7. The van der Waals surface area contributed by atoms with Gasteiger partial charge in [-0.05, 0) is 29.7 Å². The van der Waals surface area contributed by atoms with Crippen molar-refractivity contribution in [3.63, 3.8) is 0 Å². The fourth-order valence-electron chi connectivity index (χ4n) is 5.13. The molecule has 4 aromatic rings. The van der Waals surface area contributed by atoms with Gasteiger partial charge in [-0.1, -0.05) is 6.07 Å². The summed E-state index contributed by atoms with van der Waals surface area (Å²) in [6.45, 7) is 2.10. The summed E-state index contributed by atoms with van der Waals surface area (Å²) < 4.78 is 54.2. The van der Waals surface area contributed by atoms with Gasteiger partial charge >= 0.3 is 0 Å². The van der Waals surface area contributed by atoms with Gasteiger partial charge in [0.05, 0.1) is 17.5 Å². The number of benzene rings is 2. The fraction of sp³-hybridized carbons (Fsp3) is 0.333. The van der Waals surface area contributed by atoms with Crippen LogP contribution in [0.25, 0.3) is 21.7 Å². The summed E-state index contributed by atoms with van der Waals surface area (Å²) in [7, 11) is -1.24. The first-order valence-corrected chi connectivity index (χ1v) is 13.1. The van der Waals surface area contributed by atoms with E-state index >= 15 is 0 Å². The Kier molecular flexibility index (Phi) is 4.81. The minimum Gasteiger partial charge on any atom is -0.368 e. The molecule has 35 heavy (non-hydrogen) atoms. The molecular weight excluding hydrogens is 474 g/mol. The van der Waals surface area contributed by atoms with Crippen molar-refractivity contribution in [1.29, 1.82) is 0 Å². The van der Waals surface area contributed by atoms with Gasteiger partial charge in [0.15, 0.2) is 0 Å². The van der Waals surface area contributed by atoms with Gasteiger partial charge in [0.1, 0.15) is 0 Å². The van der Waals surface area contributed by atoms with Crippen LogP contribution in [0.2, 0.25) is 0 Å². The van der Waals surface area contributed by atoms with E-state index in [0.29, 0.717) is 48.7 Å². The first kappa shape index (κ1) is 22.2. The second-order valence-electron chi connectivity index (χ2n) is 9.75. The smallest absolute Gasteiger partial charge is 0.263 e. The Bertz CT molecular complexity index is 1570. The van der Waals surface area contributed by atoms with Gasteiger partial charge in [-0.15, -0.1) is 0 Å². The SMILES string of the molecule is Cn1cc2ccc(Nc3ncc4cc(C(F)F)cc(N5CC6(C5)CN(S(C)(=O)=O)C6)c4n3)cc2c1. The van der Waals surface area contributed by atoms with Gasteiger partial charge in [-0.25, -0.2) is 31.5 Å². The molecular formula is C24H24F2N6O2S. The van der Waals surface area contributed by atoms with Crippen molar-refractivity contribution in [2.75, 3.05) is 42.7 Å². The fourth-order valence-corrected chi connectivity index (χ4v) is 6.15. The Morgan fingerprint density at radius 3 is 2.49 bits per heavy atom. The third-order valence-electron chi connectivity index (χ3n) is 6.85. The number of nitrogens with one attached hydrogen (secondary N) is 1. The molecule has 0 amide bonds. The predicted molar refractivity (Wildman–Crippen MR) is 132 cm³/mol. The van der Waals surface area contributed by atoms with Crippen molar-refractivity contribution in [1.82, 2.24) is 18.8 Å². The standard InChI is InChI=1S/C24H24F2N6O2S/c1-30-9-15-3-4-19(6-18(15)10-30)28-23-27-8-17-5-16(22(25)26)7-20(21(17)29-23)31-11-24(12-31)13-32(14-24)35(2,33)34/h3-10,22H,11-14H2,1-2H3,(H,27,28,29). The Labute approximate surface area is 201 Å². The van der Waals surface area contributed by atoms with E-state index in [9.17, 15) is 17.2 Å². The summed E-state index contributed by atoms with van der Waals surface area (Å²) in [5.74, 6) is 0.376. The molecule has 1 N–H and O–H groups in total. The molecule has 2 aliphatic heterocycles. The number of aryl methyl sites for hydroxylation is 1. The lowest BCUT2D eigenvalue weighted by Gasteiger charge is -2.60. The minimum atomic E-state index is -3.21. The summed E-state index contributed by atoms with van der Waals surface area (Å²) in [6.07, 6.45) is 4.21. The zero-order valence-electron chi connectivity index (χ0n) is 19.2. The van der Waals surface area contributed by atoms with Crippen LogP contribution in [0, 0.1) is 5.41 Å². The van der Waals surface area contributed by atoms with E-state index in [1.807, 2.05) is 47.1 Å². The monoisotopic (exact) mass is 498 g/mol. The summed E-state index contributed by atoms with van der Waals surface area (Å²) >= 11 is 0. The van der Waals surface area contributed by atoms with Crippen LogP contribution in [0.15, 0.2) is 48.9 Å². The molecule has 0 radical (unpaired) electrons. The number of alkyl halides is 2. The van der Waals surface area contributed by atoms with Crippen molar-refractivity contribution in [2.24, 2.45) is 12.5 Å². The number of sulfonamides is 1. The van der Waals surface area contributed by atoms with Crippen LogP contribution in [-0.2, 0) is 17.1 Å². The van der Waals surface area contributed by atoms with E-state index in [0.717, 1.165) is 16.5 Å². The molecule has 11 heteroatoms. The van der Waals surface area contributed by atoms with Gasteiger partial charge in [-0.2, -0.15) is 0 Å². The lowest BCUT2D eigenvalue weighted by atomic mass is 9.74. The van der Waals surface area contributed by atoms with Crippen LogP contribution in [0.4, 0.5) is 26.1 Å². The predicted octanol–water partition coefficient (Wildman–Crippen LogP) is 3.88. The molecule has 4 heterocycles. The minimum absolute atomic E-state index is 0.0846. The quantitative estimate of drug-likeness (QED) is 0.450. The highest BCUT2D eigenvalue weighted by atomic mass is 32.2. The number of anilines is 3. The van der Waals surface area contributed by atoms with Crippen LogP contribution in [0.1, 0.15) is 12.0 Å². The summed E-state index contributed by atoms with van der Waals surface area (Å²) in [6, 6.07) is 8.87. The van der Waals surface area contributed by atoms with Crippen molar-refractivity contribution >= 4 is 49.0 Å². The second kappa shape index (κ2) is 7.59. The van der Waals surface area contributed by atoms with Crippen molar-refractivity contribution in [2.45, 2.75) is 6.43 Å². The zero-order chi connectivity index (χ0) is 24.5. The molecule has 2 fully saturated rings. The van der Waals surface area contributed by atoms with Crippen molar-refractivity contribution in [3.05, 3.63) is 54.5 Å². The zero-order valence-corrected chi connectivity index (χ0v) is 20.1. The summed E-state index contributed by atoms with van der Waals surface area (Å²) in [5, 5.41) is 5.96. The molecule has 182 valence electrons. The molecule has 0 saturated carbocycles. The Hall–Kier alpha value is -3.31. The van der Waals surface area contributed by atoms with Crippen molar-refractivity contribution in [3.8, 4) is 0 Å². The van der Waals surface area contributed by atoms with Gasteiger partial charge in [0, 0.05) is 79.3 Å². The molecule has 8 nitrogen and oxygen atoms in total. The number of nitrogens with zero attached hydrogens (tertiary/aromatic N) is 5. The van der Waals surface area contributed by atoms with E-state index in [1.54, 1.807) is 6.20 Å². The number of aromatic nitrogens is 3. The van der Waals surface area contributed by atoms with Crippen LogP contribution < -0.4 is 10.2 Å². The maximum Gasteiger partial charge on any atom is 0.263 e. The number of hydrogen-bond acceptors (Lipinski definition) is 6. The van der Waals surface area contributed by atoms with Crippen molar-refractivity contribution < 1.29 is 17.2 Å². The molecule has 2 aromatic heterocycles. The van der Waals surface area contributed by atoms with E-state index in [2.05, 4.69) is 15.3 Å². The maximum absolute atomic E-state index is 13.6. The molecule has 6 rings (SSSR count). The van der Waals surface area contributed by atoms with Crippen LogP contribution in [0.3, 0.4) is 0 Å². The molecule has 0 bridgehead atoms. The van der Waals surface area contributed by atoms with Crippen LogP contribution >= 0.6 is 0 Å². The normalized spacial score (nSPS) is 17.8. The molecule has 0 atom stereocenters. The summed E-state index contributed by atoms with van der Waals surface area (Å²) in [4.78, 5) is 11.0. The average Bonchev–Trinajstić information content (AvgIpc) is 3.10. The van der Waals surface area contributed by atoms with E-state index < -0.39 is 16.4 Å². The third-order valence-corrected chi connectivity index (χ3v) is 8.05. The van der Waals surface area contributed by atoms with E-state index in [4.69, 9.17) is 0 Å². The van der Waals surface area contributed by atoms with Gasteiger partial charge < -0.3 is 14.8 Å². The molecule has 2 aliphatic rings. The first-order valence-electron chi connectivity index (χ1n) is 11.2. The molecule has 1 spiro atoms. The average molecular weight is 499 g/mol. The van der Waals surface area contributed by atoms with Crippen LogP contribution in [-0.4, -0.2) is 59.7 Å². The number of halogens is 2. The lowest BCUT2D eigenvalue weighted by Crippen LogP contribution is -2.72. The Morgan fingerprint density at radius 1 is 1.03 bits per heavy atom. The Morgan fingerprint density at radius 2 is 1.77 bits per heavy atom. The highest BCUT2D eigenvalue weighted by Crippen LogP contribution is 2.45. The highest BCUT2D eigenvalue weighted by molar-refractivity contribution is 7.88. The van der Waals surface area contributed by atoms with E-state index in [1.165, 1.54) is 22.7 Å². The molecule has 2 aromatic carbocycles. The lowest BCUT2D eigenvalue weighted by molar-refractivity contribution is 0.0402. The largest absolute Gasteiger partial charge is 0.368 e. The number of rotatable bonds is 5. The maximum atomic E-state index is 13.6. The van der Waals surface area contributed by atoms with Gasteiger partial charge in [0.25, 0.3) is 6.43 Å². The topological polar surface area (TPSA) is 83.4 Å². The summed E-state index contributed by atoms with van der Waals surface area (Å²) in [5.41, 5.74) is 1.81. The van der Waals surface area contributed by atoms with E-state index in [-0.39, 0.29) is 11.0 Å². The first-order chi connectivity index (χ1) is 16.6. The molecule has 2 saturated heterocycles. The number of hydrogen-bond donors (Lipinski definition) is 1. The Balaban J connectivity index is 1.31. The third kappa shape index (κ3) is 3.88. The van der Waals surface area contributed by atoms with Gasteiger partial charge in [-0.3, -0.25) is 0 Å². The molecule has 0 aliphatic carbocycles. The van der Waals surface area contributed by atoms with Crippen LogP contribution in [0.5, 0.6) is 0 Å². The van der Waals surface area contributed by atoms with Gasteiger partial charge in [0.2, 0.25) is 16.0 Å². The number of fused-ring (bicyclic) bond motifs is 2. The highest BCUT2D eigenvalue weighted by Gasteiger charge is 2.54.